The number of carbonyl (C=O) groups excluding carboxylic acids is 1. The van der Waals surface area contributed by atoms with Gasteiger partial charge in [-0.3, -0.25) is 5.32 Å². The van der Waals surface area contributed by atoms with E-state index in [1.807, 2.05) is 0 Å². The number of aromatic nitrogens is 3. The van der Waals surface area contributed by atoms with E-state index >= 15 is 0 Å². The number of thiophene rings is 1. The molecule has 11 heteroatoms. The Morgan fingerprint density at radius 2 is 2.06 bits per heavy atom. The van der Waals surface area contributed by atoms with Crippen LogP contribution < -0.4 is 10.6 Å². The molecule has 0 spiro atoms. The number of nitrogens with zero attached hydrogens (tertiary/aromatic N) is 3. The molecule has 174 valence electrons. The molecule has 0 saturated heterocycles. The van der Waals surface area contributed by atoms with Crippen LogP contribution in [0.2, 0.25) is 5.02 Å². The Balaban J connectivity index is 1.47. The quantitative estimate of drug-likeness (QED) is 0.352. The third-order valence-corrected chi connectivity index (χ3v) is 7.16. The molecule has 2 N–H and O–H groups in total. The number of anilines is 2. The third-order valence-electron chi connectivity index (χ3n) is 5.40. The van der Waals surface area contributed by atoms with E-state index in [4.69, 9.17) is 28.6 Å². The van der Waals surface area contributed by atoms with Crippen molar-refractivity contribution in [1.29, 1.82) is 0 Å². The van der Waals surface area contributed by atoms with E-state index in [1.165, 1.54) is 36.9 Å². The average Bonchev–Trinajstić information content (AvgIpc) is 3.33. The van der Waals surface area contributed by atoms with Crippen molar-refractivity contribution in [3.8, 4) is 0 Å². The molecule has 0 atom stereocenters. The first-order chi connectivity index (χ1) is 15.9. The maximum Gasteiger partial charge on any atom is 0.341 e. The number of methoxy groups -OCH3 is 1. The van der Waals surface area contributed by atoms with E-state index in [1.54, 1.807) is 22.1 Å². The molecule has 0 saturated carbocycles. The predicted octanol–water partition coefficient (Wildman–Crippen LogP) is 5.43. The molecule has 1 aliphatic rings. The zero-order chi connectivity index (χ0) is 23.4. The Bertz CT molecular complexity index is 1180. The number of fused-ring (bicyclic) bond motifs is 1. The Labute approximate surface area is 205 Å². The van der Waals surface area contributed by atoms with Crippen LogP contribution in [0.25, 0.3) is 0 Å². The highest BCUT2D eigenvalue weighted by Crippen LogP contribution is 2.37. The van der Waals surface area contributed by atoms with Crippen LogP contribution in [0.3, 0.4) is 0 Å². The maximum absolute atomic E-state index is 13.3. The molecule has 0 bridgehead atoms. The standard InChI is InChI=1S/C22H23ClFN5O2S2/c1-31-20(30)18-15-6-4-2-3-5-7-17(15)33-19(18)26-22(32)27-21-25-12-29(28-21)11-13-8-9-14(24)10-16(13)23/h8-10,12H,2-7,11H2,1H3,(H2,26,27,28,32). The van der Waals surface area contributed by atoms with Gasteiger partial charge < -0.3 is 10.1 Å². The predicted molar refractivity (Wildman–Crippen MR) is 132 cm³/mol. The average molecular weight is 508 g/mol. The minimum Gasteiger partial charge on any atom is -0.465 e. The number of nitrogens with one attached hydrogen (secondary N) is 2. The Morgan fingerprint density at radius 1 is 1.27 bits per heavy atom. The SMILES string of the molecule is COC(=O)c1c(NC(=S)Nc2ncn(Cc3ccc(F)cc3Cl)n2)sc2c1CCCCCC2. The van der Waals surface area contributed by atoms with Crippen LogP contribution in [0.4, 0.5) is 15.3 Å². The molecular formula is C22H23ClFN5O2S2. The first-order valence-corrected chi connectivity index (χ1v) is 12.2. The fourth-order valence-electron chi connectivity index (χ4n) is 3.81. The second kappa shape index (κ2) is 10.6. The van der Waals surface area contributed by atoms with Gasteiger partial charge in [0.1, 0.15) is 17.1 Å². The molecule has 1 aliphatic carbocycles. The van der Waals surface area contributed by atoms with Crippen LogP contribution >= 0.6 is 35.2 Å². The van der Waals surface area contributed by atoms with Crippen molar-refractivity contribution in [2.75, 3.05) is 17.7 Å². The van der Waals surface area contributed by atoms with Gasteiger partial charge in [-0.25, -0.2) is 18.9 Å². The summed E-state index contributed by atoms with van der Waals surface area (Å²) in [7, 11) is 1.39. The molecule has 0 aliphatic heterocycles. The van der Waals surface area contributed by atoms with Crippen molar-refractivity contribution >= 4 is 57.2 Å². The zero-order valence-corrected chi connectivity index (χ0v) is 20.4. The van der Waals surface area contributed by atoms with E-state index in [0.29, 0.717) is 33.6 Å². The van der Waals surface area contributed by atoms with Gasteiger partial charge in [0.2, 0.25) is 5.95 Å². The summed E-state index contributed by atoms with van der Waals surface area (Å²) in [6, 6.07) is 4.21. The molecule has 2 heterocycles. The largest absolute Gasteiger partial charge is 0.465 e. The lowest BCUT2D eigenvalue weighted by atomic mass is 9.96. The van der Waals surface area contributed by atoms with E-state index in [9.17, 15) is 9.18 Å². The molecule has 4 rings (SSSR count). The number of hydrogen-bond donors (Lipinski definition) is 2. The molecule has 3 aromatic rings. The minimum absolute atomic E-state index is 0.270. The number of carbonyl (C=O) groups is 1. The summed E-state index contributed by atoms with van der Waals surface area (Å²) in [5.41, 5.74) is 2.34. The van der Waals surface area contributed by atoms with Crippen molar-refractivity contribution in [2.45, 2.75) is 45.1 Å². The van der Waals surface area contributed by atoms with Crippen LogP contribution in [0.1, 0.15) is 52.0 Å². The van der Waals surface area contributed by atoms with Gasteiger partial charge in [-0.05, 0) is 61.2 Å². The lowest BCUT2D eigenvalue weighted by Crippen LogP contribution is -2.21. The van der Waals surface area contributed by atoms with Crippen molar-refractivity contribution < 1.29 is 13.9 Å². The van der Waals surface area contributed by atoms with E-state index < -0.39 is 5.82 Å². The number of esters is 1. The van der Waals surface area contributed by atoms with E-state index in [0.717, 1.165) is 37.7 Å². The molecular weight excluding hydrogens is 485 g/mol. The highest BCUT2D eigenvalue weighted by molar-refractivity contribution is 7.80. The van der Waals surface area contributed by atoms with Gasteiger partial charge in [0, 0.05) is 9.90 Å². The fraction of sp³-hybridized carbons (Fsp3) is 0.364. The molecule has 0 unspecified atom stereocenters. The second-order valence-electron chi connectivity index (χ2n) is 7.69. The number of halogens is 2. The van der Waals surface area contributed by atoms with Crippen LogP contribution in [0.15, 0.2) is 24.5 Å². The van der Waals surface area contributed by atoms with Gasteiger partial charge in [-0.1, -0.05) is 30.5 Å². The number of rotatable bonds is 5. The van der Waals surface area contributed by atoms with Crippen molar-refractivity contribution in [2.24, 2.45) is 0 Å². The third kappa shape index (κ3) is 5.69. The monoisotopic (exact) mass is 507 g/mol. The maximum atomic E-state index is 13.3. The number of benzene rings is 1. The van der Waals surface area contributed by atoms with E-state index in [2.05, 4.69) is 20.7 Å². The topological polar surface area (TPSA) is 81.1 Å². The summed E-state index contributed by atoms with van der Waals surface area (Å²) in [5, 5.41) is 11.7. The Hall–Kier alpha value is -2.56. The number of thiocarbonyl (C=S) groups is 1. The first kappa shape index (κ1) is 23.6. The summed E-state index contributed by atoms with van der Waals surface area (Å²) in [6.45, 7) is 0.331. The lowest BCUT2D eigenvalue weighted by Gasteiger charge is -2.11. The van der Waals surface area contributed by atoms with Gasteiger partial charge in [0.25, 0.3) is 0 Å². The summed E-state index contributed by atoms with van der Waals surface area (Å²) in [6.07, 6.45) is 7.85. The fourth-order valence-corrected chi connectivity index (χ4v) is 5.58. The van der Waals surface area contributed by atoms with Crippen LogP contribution in [-0.4, -0.2) is 33.0 Å². The molecule has 0 fully saturated rings. The van der Waals surface area contributed by atoms with Crippen LogP contribution in [0, 0.1) is 5.82 Å². The number of hydrogen-bond acceptors (Lipinski definition) is 6. The molecule has 2 aromatic heterocycles. The molecule has 0 amide bonds. The highest BCUT2D eigenvalue weighted by atomic mass is 35.5. The lowest BCUT2D eigenvalue weighted by molar-refractivity contribution is 0.0601. The molecule has 7 nitrogen and oxygen atoms in total. The van der Waals surface area contributed by atoms with Crippen molar-refractivity contribution in [3.05, 3.63) is 56.9 Å². The Morgan fingerprint density at radius 3 is 2.82 bits per heavy atom. The zero-order valence-electron chi connectivity index (χ0n) is 18.0. The summed E-state index contributed by atoms with van der Waals surface area (Å²) >= 11 is 13.1. The summed E-state index contributed by atoms with van der Waals surface area (Å²) in [4.78, 5) is 18.0. The van der Waals surface area contributed by atoms with Crippen LogP contribution in [-0.2, 0) is 24.1 Å². The van der Waals surface area contributed by atoms with Crippen LogP contribution in [0.5, 0.6) is 0 Å². The second-order valence-corrected chi connectivity index (χ2v) is 9.61. The number of ether oxygens (including phenoxy) is 1. The smallest absolute Gasteiger partial charge is 0.341 e. The molecule has 0 radical (unpaired) electrons. The van der Waals surface area contributed by atoms with Crippen molar-refractivity contribution in [3.63, 3.8) is 0 Å². The van der Waals surface area contributed by atoms with Gasteiger partial charge in [-0.15, -0.1) is 16.4 Å². The summed E-state index contributed by atoms with van der Waals surface area (Å²) < 4.78 is 19.9. The van der Waals surface area contributed by atoms with Gasteiger partial charge in [0.05, 0.1) is 19.2 Å². The molecule has 1 aromatic carbocycles. The van der Waals surface area contributed by atoms with E-state index in [-0.39, 0.29) is 11.1 Å². The first-order valence-electron chi connectivity index (χ1n) is 10.6. The van der Waals surface area contributed by atoms with Gasteiger partial charge in [-0.2, -0.15) is 0 Å². The number of aryl methyl sites for hydroxylation is 1. The minimum atomic E-state index is -0.394. The Kier molecular flexibility index (Phi) is 7.56. The highest BCUT2D eigenvalue weighted by Gasteiger charge is 2.25. The molecule has 33 heavy (non-hydrogen) atoms. The normalized spacial score (nSPS) is 13.5. The van der Waals surface area contributed by atoms with Gasteiger partial charge in [0.15, 0.2) is 5.11 Å². The summed E-state index contributed by atoms with van der Waals surface area (Å²) in [5.74, 6) is -0.467. The van der Waals surface area contributed by atoms with Gasteiger partial charge >= 0.3 is 5.97 Å². The van der Waals surface area contributed by atoms with Crippen molar-refractivity contribution in [1.82, 2.24) is 14.8 Å².